The van der Waals surface area contributed by atoms with Gasteiger partial charge in [0.25, 0.3) is 0 Å². The zero-order valence-corrected chi connectivity index (χ0v) is 19.9. The van der Waals surface area contributed by atoms with Crippen LogP contribution in [0.2, 0.25) is 0 Å². The molecule has 1 saturated heterocycles. The first kappa shape index (κ1) is 23.5. The monoisotopic (exact) mass is 466 g/mol. The van der Waals surface area contributed by atoms with E-state index in [0.717, 1.165) is 48.6 Å². The number of aryl methyl sites for hydroxylation is 1. The number of nitrogens with zero attached hydrogens (tertiary/aromatic N) is 3. The number of amides is 1. The molecule has 0 unspecified atom stereocenters. The largest absolute Gasteiger partial charge is 0.370 e. The minimum atomic E-state index is -3.64. The lowest BCUT2D eigenvalue weighted by Crippen LogP contribution is -2.31. The number of benzene rings is 1. The fourth-order valence-corrected chi connectivity index (χ4v) is 6.07. The summed E-state index contributed by atoms with van der Waals surface area (Å²) in [4.78, 5) is 26.8. The van der Waals surface area contributed by atoms with Crippen LogP contribution in [0.3, 0.4) is 0 Å². The van der Waals surface area contributed by atoms with Crippen LogP contribution >= 0.6 is 11.3 Å². The van der Waals surface area contributed by atoms with Gasteiger partial charge in [-0.1, -0.05) is 25.2 Å². The van der Waals surface area contributed by atoms with Crippen molar-refractivity contribution < 1.29 is 13.2 Å². The molecule has 1 N–H and O–H groups in total. The normalized spacial score (nSPS) is 14.4. The van der Waals surface area contributed by atoms with Crippen molar-refractivity contribution in [2.24, 2.45) is 0 Å². The highest BCUT2D eigenvalue weighted by atomic mass is 32.2. The molecule has 2 aromatic rings. The molecule has 8 nitrogen and oxygen atoms in total. The zero-order valence-electron chi connectivity index (χ0n) is 18.3. The van der Waals surface area contributed by atoms with Gasteiger partial charge in [-0.3, -0.25) is 9.59 Å². The van der Waals surface area contributed by atoms with Crippen LogP contribution in [0.25, 0.3) is 0 Å². The lowest BCUT2D eigenvalue weighted by molar-refractivity contribution is -0.116. The number of aromatic nitrogens is 1. The van der Waals surface area contributed by atoms with Crippen LogP contribution < -0.4 is 15.1 Å². The average Bonchev–Trinajstić information content (AvgIpc) is 3.37. The van der Waals surface area contributed by atoms with Crippen molar-refractivity contribution in [3.63, 3.8) is 0 Å². The molecule has 0 atom stereocenters. The van der Waals surface area contributed by atoms with Gasteiger partial charge in [-0.2, -0.15) is 4.31 Å². The molecule has 31 heavy (non-hydrogen) atoms. The summed E-state index contributed by atoms with van der Waals surface area (Å²) in [5.74, 6) is -0.254. The summed E-state index contributed by atoms with van der Waals surface area (Å²) in [6.45, 7) is 8.22. The standard InChI is InChI=1S/C21H30N4O4S2/c1-4-24(5-2)31(28,29)17-8-9-19(23-11-6-7-12-23)18(14-17)22-20(26)10-13-25-16(3)15-30-21(25)27/h8-9,14-15H,4-7,10-13H2,1-3H3,(H,22,26). The van der Waals surface area contributed by atoms with Gasteiger partial charge >= 0.3 is 4.87 Å². The molecule has 0 radical (unpaired) electrons. The van der Waals surface area contributed by atoms with Crippen molar-refractivity contribution in [1.29, 1.82) is 0 Å². The maximum atomic E-state index is 13.0. The highest BCUT2D eigenvalue weighted by molar-refractivity contribution is 7.89. The molecule has 1 fully saturated rings. The number of carbonyl (C=O) groups excluding carboxylic acids is 1. The van der Waals surface area contributed by atoms with E-state index in [-0.39, 0.29) is 28.6 Å². The maximum Gasteiger partial charge on any atom is 0.307 e. The number of hydrogen-bond donors (Lipinski definition) is 1. The summed E-state index contributed by atoms with van der Waals surface area (Å²) in [7, 11) is -3.64. The predicted molar refractivity (Wildman–Crippen MR) is 125 cm³/mol. The summed E-state index contributed by atoms with van der Waals surface area (Å²) in [6.07, 6.45) is 2.25. The number of anilines is 2. The van der Waals surface area contributed by atoms with Crippen LogP contribution in [-0.4, -0.2) is 49.4 Å². The third-order valence-electron chi connectivity index (χ3n) is 5.57. The first-order valence-corrected chi connectivity index (χ1v) is 12.9. The molecular weight excluding hydrogens is 436 g/mol. The molecule has 1 aliphatic heterocycles. The van der Waals surface area contributed by atoms with Gasteiger partial charge in [-0.25, -0.2) is 8.42 Å². The summed E-state index contributed by atoms with van der Waals surface area (Å²) < 4.78 is 28.9. The first-order valence-electron chi connectivity index (χ1n) is 10.6. The van der Waals surface area contributed by atoms with Crippen LogP contribution in [0.15, 0.2) is 33.3 Å². The second kappa shape index (κ2) is 9.97. The fourth-order valence-electron chi connectivity index (χ4n) is 3.82. The SMILES string of the molecule is CCN(CC)S(=O)(=O)c1ccc(N2CCCC2)c(NC(=O)CCn2c(C)csc2=O)c1. The van der Waals surface area contributed by atoms with Gasteiger partial charge < -0.3 is 14.8 Å². The number of carbonyl (C=O) groups is 1. The van der Waals surface area contributed by atoms with Crippen molar-refractivity contribution in [3.05, 3.63) is 38.9 Å². The van der Waals surface area contributed by atoms with E-state index in [1.807, 2.05) is 6.92 Å². The Labute approximate surface area is 187 Å². The second-order valence-corrected chi connectivity index (χ2v) is 10.3. The van der Waals surface area contributed by atoms with Crippen LogP contribution in [0.4, 0.5) is 11.4 Å². The van der Waals surface area contributed by atoms with E-state index in [9.17, 15) is 18.0 Å². The molecule has 0 spiro atoms. The molecule has 0 saturated carbocycles. The topological polar surface area (TPSA) is 91.7 Å². The molecule has 1 aliphatic rings. The second-order valence-electron chi connectivity index (χ2n) is 7.56. The molecular formula is C21H30N4O4S2. The van der Waals surface area contributed by atoms with E-state index in [4.69, 9.17) is 0 Å². The highest BCUT2D eigenvalue weighted by Gasteiger charge is 2.25. The minimum Gasteiger partial charge on any atom is -0.370 e. The third-order valence-corrected chi connectivity index (χ3v) is 8.50. The van der Waals surface area contributed by atoms with Gasteiger partial charge in [0, 0.05) is 50.2 Å². The van der Waals surface area contributed by atoms with Crippen molar-refractivity contribution in [3.8, 4) is 0 Å². The summed E-state index contributed by atoms with van der Waals surface area (Å²) in [6, 6.07) is 4.96. The number of thiazole rings is 1. The number of sulfonamides is 1. The van der Waals surface area contributed by atoms with E-state index in [0.29, 0.717) is 18.8 Å². The quantitative estimate of drug-likeness (QED) is 0.614. The Bertz CT molecular complexity index is 1080. The number of hydrogen-bond acceptors (Lipinski definition) is 6. The molecule has 0 bridgehead atoms. The lowest BCUT2D eigenvalue weighted by Gasteiger charge is -2.24. The number of rotatable bonds is 9. The summed E-state index contributed by atoms with van der Waals surface area (Å²) >= 11 is 1.12. The van der Waals surface area contributed by atoms with Crippen molar-refractivity contribution >= 4 is 38.6 Å². The van der Waals surface area contributed by atoms with Crippen molar-refractivity contribution in [1.82, 2.24) is 8.87 Å². The Morgan fingerprint density at radius 2 is 1.87 bits per heavy atom. The van der Waals surface area contributed by atoms with Gasteiger partial charge in [-0.05, 0) is 38.0 Å². The molecule has 2 heterocycles. The van der Waals surface area contributed by atoms with E-state index in [2.05, 4.69) is 10.2 Å². The highest BCUT2D eigenvalue weighted by Crippen LogP contribution is 2.32. The molecule has 10 heteroatoms. The third kappa shape index (κ3) is 5.19. The molecule has 3 rings (SSSR count). The average molecular weight is 467 g/mol. The Morgan fingerprint density at radius 1 is 1.19 bits per heavy atom. The zero-order chi connectivity index (χ0) is 22.6. The number of nitrogens with one attached hydrogen (secondary N) is 1. The first-order chi connectivity index (χ1) is 14.8. The minimum absolute atomic E-state index is 0.0876. The van der Waals surface area contributed by atoms with Crippen LogP contribution in [0.5, 0.6) is 0 Å². The van der Waals surface area contributed by atoms with E-state index < -0.39 is 10.0 Å². The molecule has 170 valence electrons. The van der Waals surface area contributed by atoms with Gasteiger partial charge in [-0.15, -0.1) is 0 Å². The van der Waals surface area contributed by atoms with Crippen molar-refractivity contribution in [2.45, 2.75) is 51.5 Å². The van der Waals surface area contributed by atoms with E-state index >= 15 is 0 Å². The van der Waals surface area contributed by atoms with Crippen LogP contribution in [-0.2, 0) is 21.4 Å². The van der Waals surface area contributed by atoms with Gasteiger partial charge in [0.15, 0.2) is 0 Å². The Hall–Kier alpha value is -2.17. The summed E-state index contributed by atoms with van der Waals surface area (Å²) in [5.41, 5.74) is 2.15. The molecule has 1 aromatic carbocycles. The van der Waals surface area contributed by atoms with Gasteiger partial charge in [0.2, 0.25) is 15.9 Å². The summed E-state index contributed by atoms with van der Waals surface area (Å²) in [5, 5.41) is 4.67. The fraction of sp³-hybridized carbons (Fsp3) is 0.524. The van der Waals surface area contributed by atoms with Crippen molar-refractivity contribution in [2.75, 3.05) is 36.4 Å². The predicted octanol–water partition coefficient (Wildman–Crippen LogP) is 2.88. The Kier molecular flexibility index (Phi) is 7.55. The van der Waals surface area contributed by atoms with Crippen LogP contribution in [0, 0.1) is 6.92 Å². The van der Waals surface area contributed by atoms with Gasteiger partial charge in [0.05, 0.1) is 16.3 Å². The Morgan fingerprint density at radius 3 is 2.45 bits per heavy atom. The van der Waals surface area contributed by atoms with Crippen LogP contribution in [0.1, 0.15) is 38.8 Å². The van der Waals surface area contributed by atoms with Gasteiger partial charge in [0.1, 0.15) is 0 Å². The molecule has 1 amide bonds. The smallest absolute Gasteiger partial charge is 0.307 e. The Balaban J connectivity index is 1.86. The van der Waals surface area contributed by atoms with E-state index in [1.54, 1.807) is 42.0 Å². The van der Waals surface area contributed by atoms with E-state index in [1.165, 1.54) is 4.31 Å². The maximum absolute atomic E-state index is 13.0. The molecule has 1 aromatic heterocycles. The molecule has 0 aliphatic carbocycles. The lowest BCUT2D eigenvalue weighted by atomic mass is 10.2.